The van der Waals surface area contributed by atoms with Gasteiger partial charge >= 0.3 is 5.97 Å². The molecule has 0 bridgehead atoms. The summed E-state index contributed by atoms with van der Waals surface area (Å²) < 4.78 is 5.54. The van der Waals surface area contributed by atoms with Crippen LogP contribution in [0, 0.1) is 0 Å². The molecule has 16 heavy (non-hydrogen) atoms. The van der Waals surface area contributed by atoms with Gasteiger partial charge in [0.15, 0.2) is 0 Å². The Bertz CT molecular complexity index is 382. The Kier molecular flexibility index (Phi) is 3.23. The molecule has 4 nitrogen and oxygen atoms in total. The van der Waals surface area contributed by atoms with Crippen LogP contribution < -0.4 is 0 Å². The van der Waals surface area contributed by atoms with Crippen molar-refractivity contribution >= 4 is 17.7 Å². The quantitative estimate of drug-likeness (QED) is 0.877. The van der Waals surface area contributed by atoms with Crippen molar-refractivity contribution in [2.24, 2.45) is 0 Å². The number of oxazole rings is 1. The molecule has 1 aliphatic heterocycles. The van der Waals surface area contributed by atoms with Gasteiger partial charge in [-0.25, -0.2) is 4.98 Å². The summed E-state index contributed by atoms with van der Waals surface area (Å²) in [6, 6.07) is 0. The molecule has 2 rings (SSSR count). The highest BCUT2D eigenvalue weighted by atomic mass is 32.2. The minimum Gasteiger partial charge on any atom is -0.481 e. The zero-order valence-corrected chi connectivity index (χ0v) is 10.0. The summed E-state index contributed by atoms with van der Waals surface area (Å²) in [6.07, 6.45) is 3.69. The number of carboxylic acids is 1. The van der Waals surface area contributed by atoms with Crippen LogP contribution >= 0.6 is 11.8 Å². The summed E-state index contributed by atoms with van der Waals surface area (Å²) in [5.74, 6) is 2.50. The third-order valence-corrected chi connectivity index (χ3v) is 4.03. The summed E-state index contributed by atoms with van der Waals surface area (Å²) in [4.78, 5) is 14.6. The van der Waals surface area contributed by atoms with E-state index in [1.54, 1.807) is 6.20 Å². The Labute approximate surface area is 98.4 Å². The lowest BCUT2D eigenvalue weighted by Crippen LogP contribution is -2.26. The van der Waals surface area contributed by atoms with Gasteiger partial charge in [-0.1, -0.05) is 6.92 Å². The molecule has 5 heteroatoms. The second-order valence-electron chi connectivity index (χ2n) is 4.36. The maximum atomic E-state index is 10.5. The fraction of sp³-hybridized carbons (Fsp3) is 0.636. The average molecular weight is 241 g/mol. The first-order valence-electron chi connectivity index (χ1n) is 5.35. The number of thioether (sulfide) groups is 1. The smallest absolute Gasteiger partial charge is 0.312 e. The minimum atomic E-state index is -0.905. The van der Waals surface area contributed by atoms with Gasteiger partial charge in [0.2, 0.25) is 5.89 Å². The Morgan fingerprint density at radius 3 is 2.94 bits per heavy atom. The highest BCUT2D eigenvalue weighted by Crippen LogP contribution is 2.37. The van der Waals surface area contributed by atoms with Gasteiger partial charge in [0.1, 0.15) is 12.2 Å². The third-order valence-electron chi connectivity index (χ3n) is 3.05. The van der Waals surface area contributed by atoms with E-state index in [9.17, 15) is 4.79 Å². The molecule has 0 aromatic carbocycles. The van der Waals surface area contributed by atoms with Crippen LogP contribution in [0.2, 0.25) is 0 Å². The molecule has 2 heterocycles. The number of hydrogen-bond acceptors (Lipinski definition) is 4. The first kappa shape index (κ1) is 11.5. The molecule has 0 spiro atoms. The topological polar surface area (TPSA) is 63.3 Å². The van der Waals surface area contributed by atoms with E-state index in [-0.39, 0.29) is 11.8 Å². The van der Waals surface area contributed by atoms with E-state index in [4.69, 9.17) is 9.52 Å². The number of aliphatic carboxylic acids is 1. The van der Waals surface area contributed by atoms with Crippen LogP contribution in [0.15, 0.2) is 10.6 Å². The van der Waals surface area contributed by atoms with E-state index in [0.717, 1.165) is 30.1 Å². The summed E-state index contributed by atoms with van der Waals surface area (Å²) in [5, 5.41) is 8.65. The van der Waals surface area contributed by atoms with E-state index in [1.807, 2.05) is 11.8 Å². The van der Waals surface area contributed by atoms with Crippen molar-refractivity contribution in [3.63, 3.8) is 0 Å². The summed E-state index contributed by atoms with van der Waals surface area (Å²) in [6.45, 7) is 2.16. The monoisotopic (exact) mass is 241 g/mol. The van der Waals surface area contributed by atoms with Crippen molar-refractivity contribution in [2.75, 3.05) is 11.5 Å². The van der Waals surface area contributed by atoms with Gasteiger partial charge in [-0.15, -0.1) is 0 Å². The zero-order valence-electron chi connectivity index (χ0n) is 9.23. The van der Waals surface area contributed by atoms with Crippen LogP contribution in [0.1, 0.15) is 31.4 Å². The van der Waals surface area contributed by atoms with Crippen LogP contribution in [0.4, 0.5) is 0 Å². The maximum absolute atomic E-state index is 10.5. The van der Waals surface area contributed by atoms with Crippen molar-refractivity contribution in [1.82, 2.24) is 4.98 Å². The van der Waals surface area contributed by atoms with Gasteiger partial charge < -0.3 is 9.52 Å². The van der Waals surface area contributed by atoms with Crippen molar-refractivity contribution in [3.05, 3.63) is 17.8 Å². The zero-order chi connectivity index (χ0) is 11.6. The van der Waals surface area contributed by atoms with Crippen LogP contribution in [-0.4, -0.2) is 27.6 Å². The molecule has 0 atom stereocenters. The number of hydrogen-bond donors (Lipinski definition) is 1. The molecule has 0 aliphatic carbocycles. The molecule has 1 N–H and O–H groups in total. The number of aromatic nitrogens is 1. The van der Waals surface area contributed by atoms with Gasteiger partial charge in [0.05, 0.1) is 6.20 Å². The largest absolute Gasteiger partial charge is 0.481 e. The SMILES string of the molecule is CC1(c2cnc(CC(=O)O)o2)CCSCC1. The lowest BCUT2D eigenvalue weighted by atomic mass is 9.82. The third kappa shape index (κ3) is 2.40. The summed E-state index contributed by atoms with van der Waals surface area (Å²) in [5.41, 5.74) is 0.0367. The number of nitrogens with zero attached hydrogens (tertiary/aromatic N) is 1. The van der Waals surface area contributed by atoms with Crippen molar-refractivity contribution in [3.8, 4) is 0 Å². The normalized spacial score (nSPS) is 19.6. The molecule has 0 saturated carbocycles. The lowest BCUT2D eigenvalue weighted by molar-refractivity contribution is -0.136. The average Bonchev–Trinajstić information content (AvgIpc) is 2.67. The minimum absolute atomic E-state index is 0.0367. The summed E-state index contributed by atoms with van der Waals surface area (Å²) in [7, 11) is 0. The highest BCUT2D eigenvalue weighted by Gasteiger charge is 2.32. The first-order valence-corrected chi connectivity index (χ1v) is 6.50. The Morgan fingerprint density at radius 2 is 2.31 bits per heavy atom. The van der Waals surface area contributed by atoms with Crippen LogP contribution in [0.25, 0.3) is 0 Å². The number of rotatable bonds is 3. The second kappa shape index (κ2) is 4.49. The molecule has 1 aromatic heterocycles. The van der Waals surface area contributed by atoms with E-state index in [0.29, 0.717) is 5.89 Å². The maximum Gasteiger partial charge on any atom is 0.312 e. The first-order chi connectivity index (χ1) is 7.60. The fourth-order valence-corrected chi connectivity index (χ4v) is 3.26. The molecule has 0 radical (unpaired) electrons. The lowest BCUT2D eigenvalue weighted by Gasteiger charge is -2.30. The van der Waals surface area contributed by atoms with Crippen molar-refractivity contribution in [1.29, 1.82) is 0 Å². The van der Waals surface area contributed by atoms with Crippen LogP contribution in [0.5, 0.6) is 0 Å². The van der Waals surface area contributed by atoms with Gasteiger partial charge in [0, 0.05) is 5.41 Å². The molecule has 1 aliphatic rings. The van der Waals surface area contributed by atoms with Gasteiger partial charge in [-0.2, -0.15) is 11.8 Å². The number of carboxylic acid groups (broad SMARTS) is 1. The van der Waals surface area contributed by atoms with Crippen molar-refractivity contribution in [2.45, 2.75) is 31.6 Å². The Balaban J connectivity index is 2.13. The van der Waals surface area contributed by atoms with E-state index in [1.165, 1.54) is 0 Å². The van der Waals surface area contributed by atoms with E-state index in [2.05, 4.69) is 11.9 Å². The molecule has 88 valence electrons. The Hall–Kier alpha value is -0.970. The summed E-state index contributed by atoms with van der Waals surface area (Å²) >= 11 is 1.95. The number of carbonyl (C=O) groups is 1. The molecule has 1 aromatic rings. The molecular formula is C11H15NO3S. The molecular weight excluding hydrogens is 226 g/mol. The van der Waals surface area contributed by atoms with Gasteiger partial charge in [-0.05, 0) is 24.3 Å². The van der Waals surface area contributed by atoms with E-state index < -0.39 is 5.97 Å². The van der Waals surface area contributed by atoms with E-state index >= 15 is 0 Å². The van der Waals surface area contributed by atoms with Crippen LogP contribution in [-0.2, 0) is 16.6 Å². The second-order valence-corrected chi connectivity index (χ2v) is 5.59. The van der Waals surface area contributed by atoms with Gasteiger partial charge in [-0.3, -0.25) is 4.79 Å². The fourth-order valence-electron chi connectivity index (χ4n) is 1.87. The van der Waals surface area contributed by atoms with Crippen LogP contribution in [0.3, 0.4) is 0 Å². The standard InChI is InChI=1S/C11H15NO3S/c1-11(2-4-16-5-3-11)8-7-12-9(15-8)6-10(13)14/h7H,2-6H2,1H3,(H,13,14). The predicted octanol–water partition coefficient (Wildman–Crippen LogP) is 2.09. The molecule has 0 amide bonds. The Morgan fingerprint density at radius 1 is 1.62 bits per heavy atom. The van der Waals surface area contributed by atoms with Gasteiger partial charge in [0.25, 0.3) is 0 Å². The molecule has 1 fully saturated rings. The molecule has 0 unspecified atom stereocenters. The molecule has 1 saturated heterocycles. The highest BCUT2D eigenvalue weighted by molar-refractivity contribution is 7.99. The van der Waals surface area contributed by atoms with Crippen molar-refractivity contribution < 1.29 is 14.3 Å². The predicted molar refractivity (Wildman–Crippen MR) is 61.8 cm³/mol.